The van der Waals surface area contributed by atoms with Crippen LogP contribution in [0.2, 0.25) is 0 Å². The van der Waals surface area contributed by atoms with Gasteiger partial charge >= 0.3 is 0 Å². The Balaban J connectivity index is 2.42. The highest BCUT2D eigenvalue weighted by molar-refractivity contribution is 7.13. The lowest BCUT2D eigenvalue weighted by atomic mass is 10.2. The van der Waals surface area contributed by atoms with Crippen molar-refractivity contribution >= 4 is 22.8 Å². The van der Waals surface area contributed by atoms with Crippen molar-refractivity contribution in [3.8, 4) is 10.6 Å². The lowest BCUT2D eigenvalue weighted by Crippen LogP contribution is -2.03. The van der Waals surface area contributed by atoms with E-state index in [0.717, 1.165) is 17.8 Å². The molecule has 0 aliphatic heterocycles. The van der Waals surface area contributed by atoms with Crippen LogP contribution < -0.4 is 5.32 Å². The zero-order valence-corrected chi connectivity index (χ0v) is 10.7. The Labute approximate surface area is 109 Å². The van der Waals surface area contributed by atoms with Gasteiger partial charge in [-0.1, -0.05) is 13.0 Å². The third-order valence-electron chi connectivity index (χ3n) is 2.38. The van der Waals surface area contributed by atoms with E-state index >= 15 is 0 Å². The van der Waals surface area contributed by atoms with Gasteiger partial charge in [-0.25, -0.2) is 4.98 Å². The number of nitro groups is 1. The van der Waals surface area contributed by atoms with Crippen molar-refractivity contribution < 1.29 is 4.92 Å². The average Bonchev–Trinajstić information content (AvgIpc) is 2.89. The van der Waals surface area contributed by atoms with Crippen LogP contribution in [0, 0.1) is 10.1 Å². The third kappa shape index (κ3) is 2.65. The molecule has 0 bridgehead atoms. The highest BCUT2D eigenvalue weighted by atomic mass is 32.1. The van der Waals surface area contributed by atoms with Gasteiger partial charge in [-0.15, -0.1) is 11.3 Å². The van der Waals surface area contributed by atoms with E-state index < -0.39 is 4.92 Å². The van der Waals surface area contributed by atoms with E-state index in [4.69, 9.17) is 0 Å². The topological polar surface area (TPSA) is 68.1 Å². The SMILES string of the molecule is CCCNc1ccc([N+](=O)[O-])c(-c2cccs2)n1. The molecule has 0 atom stereocenters. The number of pyridine rings is 1. The molecule has 0 spiro atoms. The first-order valence-electron chi connectivity index (χ1n) is 5.65. The van der Waals surface area contributed by atoms with Crippen LogP contribution >= 0.6 is 11.3 Å². The number of thiophene rings is 1. The number of anilines is 1. The summed E-state index contributed by atoms with van der Waals surface area (Å²) in [6.45, 7) is 2.85. The van der Waals surface area contributed by atoms with Crippen LogP contribution in [-0.2, 0) is 0 Å². The third-order valence-corrected chi connectivity index (χ3v) is 3.26. The monoisotopic (exact) mass is 263 g/mol. The van der Waals surface area contributed by atoms with Crippen molar-refractivity contribution in [1.82, 2.24) is 4.98 Å². The summed E-state index contributed by atoms with van der Waals surface area (Å²) in [6.07, 6.45) is 0.979. The Hall–Kier alpha value is -1.95. The maximum Gasteiger partial charge on any atom is 0.296 e. The average molecular weight is 263 g/mol. The van der Waals surface area contributed by atoms with Crippen molar-refractivity contribution in [2.75, 3.05) is 11.9 Å². The van der Waals surface area contributed by atoms with Crippen molar-refractivity contribution in [3.63, 3.8) is 0 Å². The molecule has 18 heavy (non-hydrogen) atoms. The van der Waals surface area contributed by atoms with Gasteiger partial charge in [0.1, 0.15) is 5.82 Å². The summed E-state index contributed by atoms with van der Waals surface area (Å²) in [4.78, 5) is 15.7. The molecule has 1 N–H and O–H groups in total. The standard InChI is InChI=1S/C12H13N3O2S/c1-2-7-13-11-6-5-9(15(16)17)12(14-11)10-4-3-8-18-10/h3-6,8H,2,7H2,1H3,(H,13,14). The number of nitrogens with one attached hydrogen (secondary N) is 1. The van der Waals surface area contributed by atoms with Gasteiger partial charge in [-0.3, -0.25) is 10.1 Å². The fraction of sp³-hybridized carbons (Fsp3) is 0.250. The van der Waals surface area contributed by atoms with Gasteiger partial charge in [-0.05, 0) is 23.9 Å². The van der Waals surface area contributed by atoms with E-state index in [2.05, 4.69) is 17.2 Å². The minimum absolute atomic E-state index is 0.0412. The van der Waals surface area contributed by atoms with Crippen molar-refractivity contribution in [2.45, 2.75) is 13.3 Å². The van der Waals surface area contributed by atoms with Gasteiger partial charge in [-0.2, -0.15) is 0 Å². The van der Waals surface area contributed by atoms with E-state index in [1.54, 1.807) is 6.07 Å². The Morgan fingerprint density at radius 1 is 1.44 bits per heavy atom. The quantitative estimate of drug-likeness (QED) is 0.661. The maximum atomic E-state index is 11.0. The molecule has 0 unspecified atom stereocenters. The summed E-state index contributed by atoms with van der Waals surface area (Å²) in [7, 11) is 0. The second kappa shape index (κ2) is 5.59. The molecule has 0 aliphatic carbocycles. The Kier molecular flexibility index (Phi) is 3.88. The van der Waals surface area contributed by atoms with Crippen LogP contribution in [0.1, 0.15) is 13.3 Å². The molecular formula is C12H13N3O2S. The van der Waals surface area contributed by atoms with Crippen LogP contribution in [0.5, 0.6) is 0 Å². The van der Waals surface area contributed by atoms with Gasteiger partial charge in [0.05, 0.1) is 9.80 Å². The smallest absolute Gasteiger partial charge is 0.296 e. The van der Waals surface area contributed by atoms with E-state index in [0.29, 0.717) is 11.5 Å². The predicted octanol–water partition coefficient (Wildman–Crippen LogP) is 3.54. The molecule has 2 aromatic heterocycles. The van der Waals surface area contributed by atoms with Crippen LogP contribution in [0.3, 0.4) is 0 Å². The summed E-state index contributed by atoms with van der Waals surface area (Å²) in [5.41, 5.74) is 0.468. The number of aromatic nitrogens is 1. The van der Waals surface area contributed by atoms with Gasteiger partial charge < -0.3 is 5.32 Å². The first kappa shape index (κ1) is 12.5. The zero-order valence-electron chi connectivity index (χ0n) is 9.92. The second-order valence-corrected chi connectivity index (χ2v) is 4.67. The molecule has 0 saturated heterocycles. The van der Waals surface area contributed by atoms with Gasteiger partial charge in [0.25, 0.3) is 5.69 Å². The first-order chi connectivity index (χ1) is 8.72. The maximum absolute atomic E-state index is 11.0. The highest BCUT2D eigenvalue weighted by Gasteiger charge is 2.18. The van der Waals surface area contributed by atoms with Crippen LogP contribution in [0.25, 0.3) is 10.6 Å². The minimum atomic E-state index is -0.397. The molecule has 0 aromatic carbocycles. The summed E-state index contributed by atoms with van der Waals surface area (Å²) in [5.74, 6) is 0.672. The Bertz CT molecular complexity index is 540. The van der Waals surface area contributed by atoms with Crippen LogP contribution in [0.15, 0.2) is 29.6 Å². The molecule has 0 saturated carbocycles. The second-order valence-electron chi connectivity index (χ2n) is 3.73. The van der Waals surface area contributed by atoms with Gasteiger partial charge in [0, 0.05) is 12.6 Å². The minimum Gasteiger partial charge on any atom is -0.370 e. The summed E-state index contributed by atoms with van der Waals surface area (Å²) < 4.78 is 0. The van der Waals surface area contributed by atoms with Gasteiger partial charge in [0.15, 0.2) is 5.69 Å². The van der Waals surface area contributed by atoms with Crippen molar-refractivity contribution in [1.29, 1.82) is 0 Å². The summed E-state index contributed by atoms with van der Waals surface area (Å²) in [6, 6.07) is 6.84. The summed E-state index contributed by atoms with van der Waals surface area (Å²) >= 11 is 1.45. The molecule has 2 rings (SSSR count). The van der Waals surface area contributed by atoms with E-state index in [1.165, 1.54) is 17.4 Å². The molecule has 5 nitrogen and oxygen atoms in total. The molecule has 0 amide bonds. The first-order valence-corrected chi connectivity index (χ1v) is 6.53. The molecular weight excluding hydrogens is 250 g/mol. The van der Waals surface area contributed by atoms with Crippen molar-refractivity contribution in [3.05, 3.63) is 39.8 Å². The highest BCUT2D eigenvalue weighted by Crippen LogP contribution is 2.32. The number of rotatable bonds is 5. The van der Waals surface area contributed by atoms with Crippen LogP contribution in [-0.4, -0.2) is 16.5 Å². The number of hydrogen-bond acceptors (Lipinski definition) is 5. The molecule has 0 fully saturated rings. The van der Waals surface area contributed by atoms with Crippen LogP contribution in [0.4, 0.5) is 11.5 Å². The van der Waals surface area contributed by atoms with E-state index in [1.807, 2.05) is 17.5 Å². The number of hydrogen-bond donors (Lipinski definition) is 1. The zero-order chi connectivity index (χ0) is 13.0. The Morgan fingerprint density at radius 2 is 2.28 bits per heavy atom. The fourth-order valence-corrected chi connectivity index (χ4v) is 2.27. The normalized spacial score (nSPS) is 10.3. The molecule has 2 heterocycles. The number of nitrogens with zero attached hydrogens (tertiary/aromatic N) is 2. The molecule has 2 aromatic rings. The summed E-state index contributed by atoms with van der Waals surface area (Å²) in [5, 5.41) is 16.0. The van der Waals surface area contributed by atoms with E-state index in [-0.39, 0.29) is 5.69 Å². The molecule has 0 radical (unpaired) electrons. The fourth-order valence-electron chi connectivity index (χ4n) is 1.55. The molecule has 0 aliphatic rings. The van der Waals surface area contributed by atoms with Gasteiger partial charge in [0.2, 0.25) is 0 Å². The lowest BCUT2D eigenvalue weighted by molar-refractivity contribution is -0.384. The lowest BCUT2D eigenvalue weighted by Gasteiger charge is -2.06. The molecule has 94 valence electrons. The Morgan fingerprint density at radius 3 is 2.89 bits per heavy atom. The van der Waals surface area contributed by atoms with Crippen molar-refractivity contribution in [2.24, 2.45) is 0 Å². The predicted molar refractivity (Wildman–Crippen MR) is 73.0 cm³/mol. The van der Waals surface area contributed by atoms with E-state index in [9.17, 15) is 10.1 Å². The molecule has 6 heteroatoms. The largest absolute Gasteiger partial charge is 0.370 e.